The second-order valence-corrected chi connectivity index (χ2v) is 15.6. The largest absolute Gasteiger partial charge is 0.0864 e. The minimum atomic E-state index is 1.34. The van der Waals surface area contributed by atoms with Gasteiger partial charge in [-0.15, -0.1) is 0 Å². The fraction of sp³-hybridized carbons (Fsp3) is 1.00. The highest BCUT2D eigenvalue weighted by Gasteiger charge is 1.98. The van der Waals surface area contributed by atoms with Gasteiger partial charge in [0, 0.05) is 0 Å². The molecule has 0 unspecified atom stereocenters. The first-order chi connectivity index (χ1) is 21.4. The molecule has 43 heavy (non-hydrogen) atoms. The number of hydrogen-bond donors (Lipinski definition) is 0. The molecule has 0 fully saturated rings. The van der Waals surface area contributed by atoms with Crippen molar-refractivity contribution in [2.45, 2.75) is 264 Å². The Hall–Kier alpha value is 0.730. The van der Waals surface area contributed by atoms with Gasteiger partial charge in [-0.2, -0.15) is 0 Å². The number of alkyl halides is 1. The van der Waals surface area contributed by atoms with Crippen molar-refractivity contribution >= 4 is 22.6 Å². The summed E-state index contributed by atoms with van der Waals surface area (Å²) in [4.78, 5) is 0. The van der Waals surface area contributed by atoms with Crippen LogP contribution in [0.1, 0.15) is 264 Å². The summed E-state index contributed by atoms with van der Waals surface area (Å²) in [6, 6.07) is 0. The van der Waals surface area contributed by atoms with Crippen LogP contribution < -0.4 is 0 Å². The van der Waals surface area contributed by atoms with Gasteiger partial charge in [0.05, 0.1) is 0 Å². The minimum absolute atomic E-state index is 1.34. The number of unbranched alkanes of at least 4 members (excludes halogenated alkanes) is 39. The second kappa shape index (κ2) is 42.7. The molecular formula is C42H85I. The average molecular weight is 717 g/mol. The van der Waals surface area contributed by atoms with E-state index >= 15 is 0 Å². The molecule has 0 bridgehead atoms. The highest BCUT2D eigenvalue weighted by atomic mass is 127. The highest BCUT2D eigenvalue weighted by molar-refractivity contribution is 14.1. The van der Waals surface area contributed by atoms with Gasteiger partial charge in [0.15, 0.2) is 0 Å². The summed E-state index contributed by atoms with van der Waals surface area (Å²) < 4.78 is 1.34. The lowest BCUT2D eigenvalue weighted by Gasteiger charge is -2.05. The molecule has 0 spiro atoms. The molecule has 0 aliphatic rings. The molecule has 260 valence electrons. The van der Waals surface area contributed by atoms with Gasteiger partial charge in [0.2, 0.25) is 0 Å². The smallest absolute Gasteiger partial charge is 0.000473 e. The summed E-state index contributed by atoms with van der Waals surface area (Å²) in [6.45, 7) is 2.31. The van der Waals surface area contributed by atoms with Gasteiger partial charge in [0.1, 0.15) is 0 Å². The SMILES string of the molecule is CCCCCCCCCCCCCCCCCCCCCCCCCCCCCCCCCCCCCCCCCCI. The van der Waals surface area contributed by atoms with E-state index in [1.165, 1.54) is 261 Å². The van der Waals surface area contributed by atoms with E-state index in [0.717, 1.165) is 0 Å². The fourth-order valence-corrected chi connectivity index (χ4v) is 7.42. The van der Waals surface area contributed by atoms with Crippen LogP contribution in [0.2, 0.25) is 0 Å². The van der Waals surface area contributed by atoms with Gasteiger partial charge in [0.25, 0.3) is 0 Å². The normalized spacial score (nSPS) is 11.6. The van der Waals surface area contributed by atoms with Crippen LogP contribution in [0.5, 0.6) is 0 Å². The zero-order valence-corrected chi connectivity index (χ0v) is 32.5. The Labute approximate surface area is 289 Å². The van der Waals surface area contributed by atoms with Crippen molar-refractivity contribution in [3.05, 3.63) is 0 Å². The lowest BCUT2D eigenvalue weighted by atomic mass is 10.0. The van der Waals surface area contributed by atoms with Crippen LogP contribution in [-0.2, 0) is 0 Å². The van der Waals surface area contributed by atoms with Crippen LogP contribution in [0.3, 0.4) is 0 Å². The van der Waals surface area contributed by atoms with E-state index in [9.17, 15) is 0 Å². The average Bonchev–Trinajstić information content (AvgIpc) is 3.02. The van der Waals surface area contributed by atoms with E-state index in [1.54, 1.807) is 0 Å². The minimum Gasteiger partial charge on any atom is -0.0864 e. The van der Waals surface area contributed by atoms with Crippen molar-refractivity contribution in [1.82, 2.24) is 0 Å². The zero-order valence-electron chi connectivity index (χ0n) is 30.4. The first kappa shape index (κ1) is 43.7. The van der Waals surface area contributed by atoms with Gasteiger partial charge in [-0.1, -0.05) is 280 Å². The van der Waals surface area contributed by atoms with Crippen molar-refractivity contribution in [3.8, 4) is 0 Å². The van der Waals surface area contributed by atoms with E-state index in [0.29, 0.717) is 0 Å². The molecule has 0 saturated heterocycles. The molecule has 0 heterocycles. The third-order valence-corrected chi connectivity index (χ3v) is 10.7. The van der Waals surface area contributed by atoms with Gasteiger partial charge in [-0.25, -0.2) is 0 Å². The summed E-state index contributed by atoms with van der Waals surface area (Å²) in [7, 11) is 0. The van der Waals surface area contributed by atoms with E-state index in [1.807, 2.05) is 0 Å². The zero-order chi connectivity index (χ0) is 31.0. The van der Waals surface area contributed by atoms with Gasteiger partial charge in [-0.05, 0) is 10.8 Å². The molecule has 0 rings (SSSR count). The van der Waals surface area contributed by atoms with E-state index < -0.39 is 0 Å². The van der Waals surface area contributed by atoms with Crippen LogP contribution in [0, 0.1) is 0 Å². The Balaban J connectivity index is 3.02. The lowest BCUT2D eigenvalue weighted by Crippen LogP contribution is -1.85. The summed E-state index contributed by atoms with van der Waals surface area (Å²) in [5.41, 5.74) is 0. The monoisotopic (exact) mass is 717 g/mol. The Morgan fingerprint density at radius 2 is 0.302 bits per heavy atom. The fourth-order valence-electron chi connectivity index (χ4n) is 6.89. The number of rotatable bonds is 40. The van der Waals surface area contributed by atoms with Crippen molar-refractivity contribution in [3.63, 3.8) is 0 Å². The van der Waals surface area contributed by atoms with Crippen LogP contribution in [0.4, 0.5) is 0 Å². The maximum Gasteiger partial charge on any atom is -0.000473 e. The summed E-state index contributed by atoms with van der Waals surface area (Å²) in [6.07, 6.45) is 59.5. The predicted octanol–water partition coefficient (Wildman–Crippen LogP) is 17.0. The van der Waals surface area contributed by atoms with Crippen LogP contribution in [0.15, 0.2) is 0 Å². The summed E-state index contributed by atoms with van der Waals surface area (Å²) in [5, 5.41) is 0. The van der Waals surface area contributed by atoms with Crippen LogP contribution in [-0.4, -0.2) is 4.43 Å². The molecule has 0 amide bonds. The van der Waals surface area contributed by atoms with Crippen LogP contribution in [0.25, 0.3) is 0 Å². The number of halogens is 1. The van der Waals surface area contributed by atoms with Crippen molar-refractivity contribution < 1.29 is 0 Å². The molecule has 0 aliphatic carbocycles. The molecule has 0 radical (unpaired) electrons. The molecule has 0 aromatic rings. The molecule has 0 saturated carbocycles. The lowest BCUT2D eigenvalue weighted by molar-refractivity contribution is 0.509. The molecule has 0 aromatic carbocycles. The van der Waals surface area contributed by atoms with E-state index in [4.69, 9.17) is 0 Å². The van der Waals surface area contributed by atoms with E-state index in [-0.39, 0.29) is 0 Å². The van der Waals surface area contributed by atoms with Crippen molar-refractivity contribution in [2.24, 2.45) is 0 Å². The quantitative estimate of drug-likeness (QED) is 0.0336. The third kappa shape index (κ3) is 42.7. The Bertz CT molecular complexity index is 406. The van der Waals surface area contributed by atoms with E-state index in [2.05, 4.69) is 29.5 Å². The highest BCUT2D eigenvalue weighted by Crippen LogP contribution is 2.17. The second-order valence-electron chi connectivity index (χ2n) is 14.5. The molecule has 0 nitrogen and oxygen atoms in total. The Kier molecular flexibility index (Phi) is 43.5. The van der Waals surface area contributed by atoms with Crippen molar-refractivity contribution in [2.75, 3.05) is 4.43 Å². The molecule has 0 aromatic heterocycles. The first-order valence-electron chi connectivity index (χ1n) is 21.0. The molecular weight excluding hydrogens is 631 g/mol. The summed E-state index contributed by atoms with van der Waals surface area (Å²) >= 11 is 2.51. The molecule has 0 aliphatic heterocycles. The van der Waals surface area contributed by atoms with Gasteiger partial charge in [-0.3, -0.25) is 0 Å². The maximum atomic E-state index is 2.51. The van der Waals surface area contributed by atoms with Crippen molar-refractivity contribution in [1.29, 1.82) is 0 Å². The molecule has 1 heteroatoms. The maximum absolute atomic E-state index is 2.51. The molecule has 0 N–H and O–H groups in total. The van der Waals surface area contributed by atoms with Gasteiger partial charge < -0.3 is 0 Å². The standard InChI is InChI=1S/C42H85I/c1-2-3-4-5-6-7-8-9-10-11-12-13-14-15-16-17-18-19-20-21-22-23-24-25-26-27-28-29-30-31-32-33-34-35-36-37-38-39-40-41-42-43/h2-42H2,1H3. The Morgan fingerprint density at radius 1 is 0.186 bits per heavy atom. The van der Waals surface area contributed by atoms with Gasteiger partial charge >= 0.3 is 0 Å². The Morgan fingerprint density at radius 3 is 0.419 bits per heavy atom. The predicted molar refractivity (Wildman–Crippen MR) is 209 cm³/mol. The topological polar surface area (TPSA) is 0 Å². The molecule has 0 atom stereocenters. The third-order valence-electron chi connectivity index (χ3n) is 9.99. The first-order valence-corrected chi connectivity index (χ1v) is 22.5. The number of hydrogen-bond acceptors (Lipinski definition) is 0. The van der Waals surface area contributed by atoms with Crippen LogP contribution >= 0.6 is 22.6 Å². The summed E-state index contributed by atoms with van der Waals surface area (Å²) in [5.74, 6) is 0.